The second kappa shape index (κ2) is 6.02. The van der Waals surface area contributed by atoms with Crippen LogP contribution in [0.15, 0.2) is 29.2 Å². The Morgan fingerprint density at radius 3 is 2.40 bits per heavy atom. The summed E-state index contributed by atoms with van der Waals surface area (Å²) in [6, 6.07) is 4.36. The minimum atomic E-state index is -3.64. The van der Waals surface area contributed by atoms with E-state index >= 15 is 0 Å². The molecule has 0 unspecified atom stereocenters. The van der Waals surface area contributed by atoms with E-state index in [4.69, 9.17) is 5.11 Å². The van der Waals surface area contributed by atoms with Gasteiger partial charge in [0.15, 0.2) is 0 Å². The largest absolute Gasteiger partial charge is 0.480 e. The summed E-state index contributed by atoms with van der Waals surface area (Å²) in [5, 5.41) is 11.0. The summed E-state index contributed by atoms with van der Waals surface area (Å²) in [4.78, 5) is 22.5. The highest BCUT2D eigenvalue weighted by atomic mass is 32.2. The minimum absolute atomic E-state index is 0.0295. The lowest BCUT2D eigenvalue weighted by molar-refractivity contribution is -0.138. The Hall–Kier alpha value is -1.93. The topological polar surface area (TPSA) is 104 Å². The Kier molecular flexibility index (Phi) is 4.85. The SMILES string of the molecule is C[C@@H](NC(=O)c1cccc(S(=O)(=O)N(C)C)c1)C(=O)O. The lowest BCUT2D eigenvalue weighted by Gasteiger charge is -2.13. The maximum atomic E-state index is 11.9. The van der Waals surface area contributed by atoms with E-state index in [1.54, 1.807) is 0 Å². The number of hydrogen-bond acceptors (Lipinski definition) is 4. The summed E-state index contributed by atoms with van der Waals surface area (Å²) in [5.74, 6) is -1.81. The predicted molar refractivity (Wildman–Crippen MR) is 71.9 cm³/mol. The summed E-state index contributed by atoms with van der Waals surface area (Å²) in [5.41, 5.74) is 0.0843. The van der Waals surface area contributed by atoms with Crippen molar-refractivity contribution in [2.45, 2.75) is 17.9 Å². The first-order valence-electron chi connectivity index (χ1n) is 5.72. The molecule has 0 saturated carbocycles. The maximum absolute atomic E-state index is 11.9. The van der Waals surface area contributed by atoms with Crippen molar-refractivity contribution in [2.75, 3.05) is 14.1 Å². The van der Waals surface area contributed by atoms with Gasteiger partial charge in [0, 0.05) is 19.7 Å². The molecule has 0 aliphatic rings. The molecule has 0 aliphatic carbocycles. The van der Waals surface area contributed by atoms with Crippen LogP contribution >= 0.6 is 0 Å². The highest BCUT2D eigenvalue weighted by Crippen LogP contribution is 2.14. The monoisotopic (exact) mass is 300 g/mol. The second-order valence-corrected chi connectivity index (χ2v) is 6.50. The van der Waals surface area contributed by atoms with E-state index in [0.29, 0.717) is 0 Å². The summed E-state index contributed by atoms with van der Waals surface area (Å²) < 4.78 is 24.9. The highest BCUT2D eigenvalue weighted by molar-refractivity contribution is 7.89. The lowest BCUT2D eigenvalue weighted by atomic mass is 10.2. The van der Waals surface area contributed by atoms with E-state index in [1.165, 1.54) is 45.3 Å². The molecule has 0 bridgehead atoms. The summed E-state index contributed by atoms with van der Waals surface area (Å²) in [6.07, 6.45) is 0. The number of benzene rings is 1. The van der Waals surface area contributed by atoms with E-state index < -0.39 is 27.9 Å². The molecule has 0 aromatic heterocycles. The van der Waals surface area contributed by atoms with Gasteiger partial charge >= 0.3 is 5.97 Å². The van der Waals surface area contributed by atoms with Gasteiger partial charge in [0.25, 0.3) is 5.91 Å². The fourth-order valence-corrected chi connectivity index (χ4v) is 2.30. The van der Waals surface area contributed by atoms with Crippen molar-refractivity contribution < 1.29 is 23.1 Å². The minimum Gasteiger partial charge on any atom is -0.480 e. The number of rotatable bonds is 5. The van der Waals surface area contributed by atoms with Gasteiger partial charge in [0.1, 0.15) is 6.04 Å². The van der Waals surface area contributed by atoms with E-state index in [-0.39, 0.29) is 10.5 Å². The van der Waals surface area contributed by atoms with Gasteiger partial charge in [-0.2, -0.15) is 0 Å². The Bertz CT molecular complexity index is 624. The molecule has 0 heterocycles. The number of carboxylic acids is 1. The van der Waals surface area contributed by atoms with Crippen LogP contribution in [0.2, 0.25) is 0 Å². The Labute approximate surface area is 117 Å². The smallest absolute Gasteiger partial charge is 0.325 e. The summed E-state index contributed by atoms with van der Waals surface area (Å²) in [7, 11) is -0.874. The number of sulfonamides is 1. The van der Waals surface area contributed by atoms with Gasteiger partial charge in [-0.15, -0.1) is 0 Å². The number of nitrogens with one attached hydrogen (secondary N) is 1. The Morgan fingerprint density at radius 2 is 1.90 bits per heavy atom. The van der Waals surface area contributed by atoms with Gasteiger partial charge in [-0.1, -0.05) is 6.07 Å². The van der Waals surface area contributed by atoms with Crippen molar-refractivity contribution in [3.05, 3.63) is 29.8 Å². The molecular weight excluding hydrogens is 284 g/mol. The molecule has 20 heavy (non-hydrogen) atoms. The molecule has 2 N–H and O–H groups in total. The predicted octanol–water partition coefficient (Wildman–Crippen LogP) is 0.140. The van der Waals surface area contributed by atoms with Crippen molar-refractivity contribution in [1.29, 1.82) is 0 Å². The van der Waals surface area contributed by atoms with Crippen LogP contribution in [0.4, 0.5) is 0 Å². The standard InChI is InChI=1S/C12H16N2O5S/c1-8(12(16)17)13-11(15)9-5-4-6-10(7-9)20(18,19)14(2)3/h4-8H,1-3H3,(H,13,15)(H,16,17)/t8-/m1/s1. The molecule has 1 aromatic rings. The number of carbonyl (C=O) groups excluding carboxylic acids is 1. The quantitative estimate of drug-likeness (QED) is 0.805. The molecule has 0 fully saturated rings. The van der Waals surface area contributed by atoms with E-state index in [1.807, 2.05) is 0 Å². The van der Waals surface area contributed by atoms with Crippen molar-refractivity contribution >= 4 is 21.9 Å². The summed E-state index contributed by atoms with van der Waals surface area (Å²) in [6.45, 7) is 1.32. The molecule has 0 aliphatic heterocycles. The fourth-order valence-electron chi connectivity index (χ4n) is 1.35. The normalized spacial score (nSPS) is 13.0. The van der Waals surface area contributed by atoms with Crippen LogP contribution in [0.25, 0.3) is 0 Å². The molecule has 0 radical (unpaired) electrons. The van der Waals surface area contributed by atoms with Crippen LogP contribution in [-0.2, 0) is 14.8 Å². The number of carboxylic acid groups (broad SMARTS) is 1. The highest BCUT2D eigenvalue weighted by Gasteiger charge is 2.20. The number of hydrogen-bond donors (Lipinski definition) is 2. The molecule has 8 heteroatoms. The van der Waals surface area contributed by atoms with E-state index in [0.717, 1.165) is 4.31 Å². The number of nitrogens with zero attached hydrogens (tertiary/aromatic N) is 1. The van der Waals surface area contributed by atoms with Crippen molar-refractivity contribution in [2.24, 2.45) is 0 Å². The van der Waals surface area contributed by atoms with Crippen LogP contribution < -0.4 is 5.32 Å². The average molecular weight is 300 g/mol. The third-order valence-electron chi connectivity index (χ3n) is 2.59. The van der Waals surface area contributed by atoms with Crippen LogP contribution in [0.1, 0.15) is 17.3 Å². The molecule has 1 amide bonds. The van der Waals surface area contributed by atoms with Gasteiger partial charge in [-0.05, 0) is 25.1 Å². The number of amides is 1. The van der Waals surface area contributed by atoms with Gasteiger partial charge in [-0.25, -0.2) is 12.7 Å². The van der Waals surface area contributed by atoms with Gasteiger partial charge in [0.05, 0.1) is 4.90 Å². The van der Waals surface area contributed by atoms with Crippen LogP contribution in [0, 0.1) is 0 Å². The zero-order chi connectivity index (χ0) is 15.5. The van der Waals surface area contributed by atoms with E-state index in [9.17, 15) is 18.0 Å². The van der Waals surface area contributed by atoms with Crippen LogP contribution in [0.3, 0.4) is 0 Å². The van der Waals surface area contributed by atoms with E-state index in [2.05, 4.69) is 5.32 Å². The van der Waals surface area contributed by atoms with Crippen molar-refractivity contribution in [1.82, 2.24) is 9.62 Å². The van der Waals surface area contributed by atoms with Gasteiger partial charge < -0.3 is 10.4 Å². The molecule has 1 aromatic carbocycles. The maximum Gasteiger partial charge on any atom is 0.325 e. The van der Waals surface area contributed by atoms with Crippen molar-refractivity contribution in [3.8, 4) is 0 Å². The van der Waals surface area contributed by atoms with Crippen molar-refractivity contribution in [3.63, 3.8) is 0 Å². The molecule has 7 nitrogen and oxygen atoms in total. The molecule has 0 saturated heterocycles. The zero-order valence-electron chi connectivity index (χ0n) is 11.3. The first kappa shape index (κ1) is 16.1. The fraction of sp³-hybridized carbons (Fsp3) is 0.333. The number of aliphatic carboxylic acids is 1. The number of carbonyl (C=O) groups is 2. The zero-order valence-corrected chi connectivity index (χ0v) is 12.1. The molecule has 1 atom stereocenters. The second-order valence-electron chi connectivity index (χ2n) is 4.35. The third-order valence-corrected chi connectivity index (χ3v) is 4.40. The van der Waals surface area contributed by atoms with Crippen LogP contribution in [-0.4, -0.2) is 49.8 Å². The molecule has 0 spiro atoms. The molecule has 1 rings (SSSR count). The van der Waals surface area contributed by atoms with Gasteiger partial charge in [-0.3, -0.25) is 9.59 Å². The molecule has 110 valence electrons. The summed E-state index contributed by atoms with van der Waals surface area (Å²) >= 11 is 0. The molecular formula is C12H16N2O5S. The third kappa shape index (κ3) is 3.55. The first-order chi connectivity index (χ1) is 9.16. The Morgan fingerprint density at radius 1 is 1.30 bits per heavy atom. The average Bonchev–Trinajstić information content (AvgIpc) is 2.38. The van der Waals surface area contributed by atoms with Gasteiger partial charge in [0.2, 0.25) is 10.0 Å². The van der Waals surface area contributed by atoms with Crippen LogP contribution in [0.5, 0.6) is 0 Å². The lowest BCUT2D eigenvalue weighted by Crippen LogP contribution is -2.38. The Balaban J connectivity index is 3.06. The first-order valence-corrected chi connectivity index (χ1v) is 7.16.